The minimum absolute atomic E-state index is 0.0665. The van der Waals surface area contributed by atoms with Crippen molar-refractivity contribution < 1.29 is 14.7 Å². The van der Waals surface area contributed by atoms with E-state index >= 15 is 0 Å². The van der Waals surface area contributed by atoms with Crippen LogP contribution in [0.5, 0.6) is 0 Å². The normalized spacial score (nSPS) is 18.0. The Balaban J connectivity index is 1.75. The van der Waals surface area contributed by atoms with Crippen LogP contribution in [0, 0.1) is 5.92 Å². The first-order valence-electron chi connectivity index (χ1n) is 7.93. The number of carboxylic acid groups (broad SMARTS) is 1. The van der Waals surface area contributed by atoms with Gasteiger partial charge in [-0.15, -0.1) is 0 Å². The van der Waals surface area contributed by atoms with Crippen LogP contribution in [0.1, 0.15) is 31.2 Å². The van der Waals surface area contributed by atoms with Crippen LogP contribution in [0.2, 0.25) is 0 Å². The van der Waals surface area contributed by atoms with Crippen LogP contribution >= 0.6 is 0 Å². The quantitative estimate of drug-likeness (QED) is 0.793. The number of likely N-dealkylation sites (tertiary alicyclic amines) is 1. The molecular formula is C17H24N2O3. The van der Waals surface area contributed by atoms with Gasteiger partial charge in [-0.2, -0.15) is 0 Å². The number of urea groups is 1. The van der Waals surface area contributed by atoms with E-state index in [0.717, 1.165) is 32.4 Å². The van der Waals surface area contributed by atoms with E-state index in [9.17, 15) is 9.59 Å². The van der Waals surface area contributed by atoms with Crippen molar-refractivity contribution in [3.8, 4) is 0 Å². The molecule has 2 rings (SSSR count). The zero-order valence-corrected chi connectivity index (χ0v) is 12.8. The second-order valence-corrected chi connectivity index (χ2v) is 5.87. The van der Waals surface area contributed by atoms with Crippen molar-refractivity contribution in [1.82, 2.24) is 10.2 Å². The second-order valence-electron chi connectivity index (χ2n) is 5.87. The lowest BCUT2D eigenvalue weighted by atomic mass is 9.91. The number of nitrogens with zero attached hydrogens (tertiary/aromatic N) is 1. The molecule has 1 saturated heterocycles. The summed E-state index contributed by atoms with van der Waals surface area (Å²) in [7, 11) is 0. The highest BCUT2D eigenvalue weighted by molar-refractivity contribution is 5.74. The van der Waals surface area contributed by atoms with Crippen LogP contribution in [0.25, 0.3) is 0 Å². The van der Waals surface area contributed by atoms with Crippen molar-refractivity contribution >= 4 is 12.0 Å². The van der Waals surface area contributed by atoms with Crippen molar-refractivity contribution in [3.63, 3.8) is 0 Å². The van der Waals surface area contributed by atoms with Gasteiger partial charge in [0.1, 0.15) is 0 Å². The predicted molar refractivity (Wildman–Crippen MR) is 84.7 cm³/mol. The van der Waals surface area contributed by atoms with Gasteiger partial charge in [0.05, 0.1) is 0 Å². The molecule has 0 spiro atoms. The third-order valence-corrected chi connectivity index (χ3v) is 4.02. The number of rotatable bonds is 6. The van der Waals surface area contributed by atoms with E-state index in [1.165, 1.54) is 5.56 Å². The summed E-state index contributed by atoms with van der Waals surface area (Å²) >= 11 is 0. The minimum Gasteiger partial charge on any atom is -0.481 e. The van der Waals surface area contributed by atoms with E-state index in [4.69, 9.17) is 5.11 Å². The average molecular weight is 304 g/mol. The molecule has 2 N–H and O–H groups in total. The van der Waals surface area contributed by atoms with Crippen molar-refractivity contribution in [2.24, 2.45) is 5.92 Å². The SMILES string of the molecule is O=C(O)CCCNC(=O)N1CCCC(Cc2ccccc2)C1. The Morgan fingerprint density at radius 3 is 2.77 bits per heavy atom. The Hall–Kier alpha value is -2.04. The van der Waals surface area contributed by atoms with E-state index in [0.29, 0.717) is 18.9 Å². The Bertz CT molecular complexity index is 490. The number of hydrogen-bond donors (Lipinski definition) is 2. The van der Waals surface area contributed by atoms with Crippen LogP contribution < -0.4 is 5.32 Å². The topological polar surface area (TPSA) is 69.6 Å². The lowest BCUT2D eigenvalue weighted by molar-refractivity contribution is -0.137. The molecule has 0 aromatic heterocycles. The maximum absolute atomic E-state index is 12.1. The molecule has 2 amide bonds. The first-order chi connectivity index (χ1) is 10.6. The maximum atomic E-state index is 12.1. The number of hydrogen-bond acceptors (Lipinski definition) is 2. The number of piperidine rings is 1. The van der Waals surface area contributed by atoms with Gasteiger partial charge in [0.2, 0.25) is 0 Å². The molecule has 5 nitrogen and oxygen atoms in total. The fraction of sp³-hybridized carbons (Fsp3) is 0.529. The zero-order valence-electron chi connectivity index (χ0n) is 12.8. The standard InChI is InChI=1S/C17H24N2O3/c20-16(21)9-4-10-18-17(22)19-11-5-8-15(13-19)12-14-6-2-1-3-7-14/h1-3,6-7,15H,4-5,8-13H2,(H,18,22)(H,20,21). The van der Waals surface area contributed by atoms with Gasteiger partial charge < -0.3 is 15.3 Å². The maximum Gasteiger partial charge on any atom is 0.317 e. The molecule has 0 saturated carbocycles. The number of carbonyl (C=O) groups is 2. The van der Waals surface area contributed by atoms with E-state index in [1.54, 1.807) is 0 Å². The van der Waals surface area contributed by atoms with Crippen molar-refractivity contribution in [3.05, 3.63) is 35.9 Å². The molecule has 1 atom stereocenters. The number of carboxylic acids is 1. The lowest BCUT2D eigenvalue weighted by Crippen LogP contribution is -2.46. The largest absolute Gasteiger partial charge is 0.481 e. The summed E-state index contributed by atoms with van der Waals surface area (Å²) in [6.07, 6.45) is 3.75. The highest BCUT2D eigenvalue weighted by Crippen LogP contribution is 2.20. The summed E-state index contributed by atoms with van der Waals surface area (Å²) in [4.78, 5) is 24.4. The Morgan fingerprint density at radius 1 is 1.27 bits per heavy atom. The van der Waals surface area contributed by atoms with Gasteiger partial charge in [0.25, 0.3) is 0 Å². The van der Waals surface area contributed by atoms with Gasteiger partial charge in [-0.25, -0.2) is 4.79 Å². The molecule has 5 heteroatoms. The van der Waals surface area contributed by atoms with Crippen LogP contribution in [0.3, 0.4) is 0 Å². The monoisotopic (exact) mass is 304 g/mol. The molecule has 0 bridgehead atoms. The summed E-state index contributed by atoms with van der Waals surface area (Å²) in [5.41, 5.74) is 1.32. The molecule has 1 aliphatic rings. The van der Waals surface area contributed by atoms with Crippen molar-refractivity contribution in [1.29, 1.82) is 0 Å². The van der Waals surface area contributed by atoms with E-state index in [-0.39, 0.29) is 12.5 Å². The smallest absolute Gasteiger partial charge is 0.317 e. The molecule has 1 aromatic carbocycles. The number of aliphatic carboxylic acids is 1. The van der Waals surface area contributed by atoms with Gasteiger partial charge in [0.15, 0.2) is 0 Å². The summed E-state index contributed by atoms with van der Waals surface area (Å²) in [6, 6.07) is 10.3. The Morgan fingerprint density at radius 2 is 2.05 bits per heavy atom. The molecular weight excluding hydrogens is 280 g/mol. The van der Waals surface area contributed by atoms with Crippen LogP contribution in [0.4, 0.5) is 4.79 Å². The summed E-state index contributed by atoms with van der Waals surface area (Å²) < 4.78 is 0. The number of amides is 2. The molecule has 120 valence electrons. The third-order valence-electron chi connectivity index (χ3n) is 4.02. The highest BCUT2D eigenvalue weighted by atomic mass is 16.4. The number of carbonyl (C=O) groups excluding carboxylic acids is 1. The molecule has 1 heterocycles. The molecule has 1 unspecified atom stereocenters. The van der Waals surface area contributed by atoms with Gasteiger partial charge >= 0.3 is 12.0 Å². The van der Waals surface area contributed by atoms with Gasteiger partial charge in [-0.05, 0) is 37.2 Å². The lowest BCUT2D eigenvalue weighted by Gasteiger charge is -2.33. The van der Waals surface area contributed by atoms with Crippen molar-refractivity contribution in [2.75, 3.05) is 19.6 Å². The molecule has 1 aromatic rings. The fourth-order valence-electron chi connectivity index (χ4n) is 2.91. The van der Waals surface area contributed by atoms with Gasteiger partial charge in [-0.1, -0.05) is 30.3 Å². The Labute approximate surface area is 131 Å². The number of nitrogens with one attached hydrogen (secondary N) is 1. The molecule has 0 radical (unpaired) electrons. The minimum atomic E-state index is -0.824. The first kappa shape index (κ1) is 16.3. The molecule has 22 heavy (non-hydrogen) atoms. The van der Waals surface area contributed by atoms with E-state index in [1.807, 2.05) is 23.1 Å². The van der Waals surface area contributed by atoms with Crippen LogP contribution in [-0.4, -0.2) is 41.6 Å². The van der Waals surface area contributed by atoms with Crippen LogP contribution in [0.15, 0.2) is 30.3 Å². The highest BCUT2D eigenvalue weighted by Gasteiger charge is 2.23. The van der Waals surface area contributed by atoms with Crippen molar-refractivity contribution in [2.45, 2.75) is 32.1 Å². The van der Waals surface area contributed by atoms with E-state index < -0.39 is 5.97 Å². The Kier molecular flexibility index (Phi) is 6.25. The summed E-state index contributed by atoms with van der Waals surface area (Å²) in [5.74, 6) is -0.323. The fourth-order valence-corrected chi connectivity index (χ4v) is 2.91. The van der Waals surface area contributed by atoms with E-state index in [2.05, 4.69) is 17.4 Å². The molecule has 1 fully saturated rings. The molecule has 0 aliphatic carbocycles. The average Bonchev–Trinajstić information content (AvgIpc) is 2.52. The molecule has 1 aliphatic heterocycles. The predicted octanol–water partition coefficient (Wildman–Crippen LogP) is 2.52. The summed E-state index contributed by atoms with van der Waals surface area (Å²) in [6.45, 7) is 1.99. The third kappa shape index (κ3) is 5.39. The number of benzene rings is 1. The first-order valence-corrected chi connectivity index (χ1v) is 7.93. The zero-order chi connectivity index (χ0) is 15.8. The summed E-state index contributed by atoms with van der Waals surface area (Å²) in [5, 5.41) is 11.4. The second kappa shape index (κ2) is 8.41. The van der Waals surface area contributed by atoms with Gasteiger partial charge in [-0.3, -0.25) is 4.79 Å². The van der Waals surface area contributed by atoms with Crippen LogP contribution in [-0.2, 0) is 11.2 Å². The van der Waals surface area contributed by atoms with Gasteiger partial charge in [0, 0.05) is 26.1 Å².